The number of benzene rings is 1. The van der Waals surface area contributed by atoms with E-state index >= 15 is 0 Å². The molecule has 124 valence electrons. The molecule has 8 heteroatoms. The number of ether oxygens (including phenoxy) is 1. The largest absolute Gasteiger partial charge is 0.573 e. The number of hydrogen-bond acceptors (Lipinski definition) is 4. The van der Waals surface area contributed by atoms with Crippen molar-refractivity contribution in [3.63, 3.8) is 0 Å². The molecule has 0 radical (unpaired) electrons. The molecular formula is C15H17F3N4O. The molecule has 0 spiro atoms. The van der Waals surface area contributed by atoms with Crippen LogP contribution in [0.1, 0.15) is 24.4 Å². The maximum Gasteiger partial charge on any atom is 0.573 e. The normalized spacial score (nSPS) is 17.3. The van der Waals surface area contributed by atoms with E-state index in [2.05, 4.69) is 19.7 Å². The van der Waals surface area contributed by atoms with Crippen molar-refractivity contribution < 1.29 is 17.9 Å². The summed E-state index contributed by atoms with van der Waals surface area (Å²) in [4.78, 5) is 6.18. The first-order chi connectivity index (χ1) is 11.0. The lowest BCUT2D eigenvalue weighted by molar-refractivity contribution is -0.274. The summed E-state index contributed by atoms with van der Waals surface area (Å²) in [5, 5.41) is 4.16. The topological polar surface area (TPSA) is 43.2 Å². The lowest BCUT2D eigenvalue weighted by atomic mass is 10.0. The molecule has 2 heterocycles. The summed E-state index contributed by atoms with van der Waals surface area (Å²) < 4.78 is 42.6. The van der Waals surface area contributed by atoms with E-state index in [-0.39, 0.29) is 5.75 Å². The molecule has 2 aromatic rings. The van der Waals surface area contributed by atoms with Gasteiger partial charge in [0, 0.05) is 19.6 Å². The van der Waals surface area contributed by atoms with Crippen LogP contribution in [0.3, 0.4) is 0 Å². The Balaban J connectivity index is 1.55. The number of alkyl halides is 3. The van der Waals surface area contributed by atoms with E-state index in [0.717, 1.165) is 31.5 Å². The van der Waals surface area contributed by atoms with Crippen LogP contribution in [-0.4, -0.2) is 39.1 Å². The Morgan fingerprint density at radius 1 is 1.22 bits per heavy atom. The Morgan fingerprint density at radius 3 is 2.65 bits per heavy atom. The monoisotopic (exact) mass is 326 g/mol. The summed E-state index contributed by atoms with van der Waals surface area (Å²) in [6.45, 7) is 2.35. The fraction of sp³-hybridized carbons (Fsp3) is 0.467. The number of nitrogens with zero attached hydrogens (tertiary/aromatic N) is 4. The van der Waals surface area contributed by atoms with Crippen LogP contribution in [-0.2, 0) is 6.54 Å². The zero-order valence-corrected chi connectivity index (χ0v) is 12.4. The van der Waals surface area contributed by atoms with Crippen LogP contribution in [0.15, 0.2) is 36.9 Å². The summed E-state index contributed by atoms with van der Waals surface area (Å²) in [5.41, 5.74) is 0.811. The molecule has 1 aromatic carbocycles. The molecule has 1 aliphatic rings. The van der Waals surface area contributed by atoms with Gasteiger partial charge in [0.25, 0.3) is 0 Å². The van der Waals surface area contributed by atoms with Crippen molar-refractivity contribution in [3.05, 3.63) is 42.5 Å². The van der Waals surface area contributed by atoms with E-state index in [9.17, 15) is 13.2 Å². The second-order valence-corrected chi connectivity index (χ2v) is 5.58. The van der Waals surface area contributed by atoms with Crippen LogP contribution in [0.4, 0.5) is 13.2 Å². The lowest BCUT2D eigenvalue weighted by Crippen LogP contribution is -2.34. The summed E-state index contributed by atoms with van der Waals surface area (Å²) in [5.74, 6) is -0.174. The Kier molecular flexibility index (Phi) is 4.51. The molecule has 5 nitrogen and oxygen atoms in total. The van der Waals surface area contributed by atoms with E-state index < -0.39 is 6.36 Å². The highest BCUT2D eigenvalue weighted by Crippen LogP contribution is 2.25. The molecule has 0 amide bonds. The van der Waals surface area contributed by atoms with E-state index in [1.165, 1.54) is 18.5 Å². The second kappa shape index (κ2) is 6.57. The van der Waals surface area contributed by atoms with Crippen molar-refractivity contribution in [1.29, 1.82) is 0 Å². The van der Waals surface area contributed by atoms with Gasteiger partial charge in [-0.15, -0.1) is 13.2 Å². The van der Waals surface area contributed by atoms with Crippen molar-refractivity contribution in [2.45, 2.75) is 31.8 Å². The molecule has 0 saturated carbocycles. The Hall–Kier alpha value is -2.09. The van der Waals surface area contributed by atoms with Gasteiger partial charge >= 0.3 is 6.36 Å². The fourth-order valence-corrected chi connectivity index (χ4v) is 2.85. The quantitative estimate of drug-likeness (QED) is 0.866. The first kappa shape index (κ1) is 15.8. The van der Waals surface area contributed by atoms with E-state index in [4.69, 9.17) is 0 Å². The van der Waals surface area contributed by atoms with Crippen molar-refractivity contribution in [2.75, 3.05) is 13.1 Å². The number of halogens is 3. The van der Waals surface area contributed by atoms with Crippen molar-refractivity contribution in [2.24, 2.45) is 0 Å². The van der Waals surface area contributed by atoms with Gasteiger partial charge in [-0.05, 0) is 30.5 Å². The number of likely N-dealkylation sites (tertiary alicyclic amines) is 1. The van der Waals surface area contributed by atoms with Crippen LogP contribution < -0.4 is 4.74 Å². The SMILES string of the molecule is FC(F)(F)Oc1cccc(CN2CCC(n3cncn3)CC2)c1. The van der Waals surface area contributed by atoms with Gasteiger partial charge in [-0.1, -0.05) is 12.1 Å². The Morgan fingerprint density at radius 2 is 2.00 bits per heavy atom. The molecular weight excluding hydrogens is 309 g/mol. The van der Waals surface area contributed by atoms with Gasteiger partial charge in [0.15, 0.2) is 0 Å². The zero-order chi connectivity index (χ0) is 16.3. The number of rotatable bonds is 4. The highest BCUT2D eigenvalue weighted by molar-refractivity contribution is 5.28. The third-order valence-electron chi connectivity index (χ3n) is 3.91. The predicted molar refractivity (Wildman–Crippen MR) is 76.7 cm³/mol. The van der Waals surface area contributed by atoms with E-state index in [1.54, 1.807) is 12.4 Å². The maximum atomic E-state index is 12.3. The van der Waals surface area contributed by atoms with E-state index in [1.807, 2.05) is 10.7 Å². The number of aromatic nitrogens is 3. The van der Waals surface area contributed by atoms with Gasteiger partial charge in [-0.2, -0.15) is 5.10 Å². The highest BCUT2D eigenvalue weighted by atomic mass is 19.4. The maximum absolute atomic E-state index is 12.3. The molecule has 0 unspecified atom stereocenters. The van der Waals surface area contributed by atoms with Gasteiger partial charge in [0.2, 0.25) is 0 Å². The van der Waals surface area contributed by atoms with Crippen LogP contribution in [0.5, 0.6) is 5.75 Å². The minimum Gasteiger partial charge on any atom is -0.406 e. The van der Waals surface area contributed by atoms with E-state index in [0.29, 0.717) is 12.6 Å². The van der Waals surface area contributed by atoms with Gasteiger partial charge in [0.1, 0.15) is 18.4 Å². The summed E-state index contributed by atoms with van der Waals surface area (Å²) in [7, 11) is 0. The highest BCUT2D eigenvalue weighted by Gasteiger charge is 2.31. The molecule has 0 N–H and O–H groups in total. The van der Waals surface area contributed by atoms with Crippen LogP contribution in [0.25, 0.3) is 0 Å². The minimum atomic E-state index is -4.66. The molecule has 1 aromatic heterocycles. The zero-order valence-electron chi connectivity index (χ0n) is 12.4. The molecule has 0 bridgehead atoms. The van der Waals surface area contributed by atoms with Crippen molar-refractivity contribution in [3.8, 4) is 5.75 Å². The Bertz CT molecular complexity index is 622. The van der Waals surface area contributed by atoms with Gasteiger partial charge in [-0.3, -0.25) is 4.90 Å². The number of piperidine rings is 1. The molecule has 3 rings (SSSR count). The molecule has 23 heavy (non-hydrogen) atoms. The predicted octanol–water partition coefficient (Wildman–Crippen LogP) is 3.01. The third-order valence-corrected chi connectivity index (χ3v) is 3.91. The van der Waals surface area contributed by atoms with Crippen molar-refractivity contribution >= 4 is 0 Å². The molecule has 1 fully saturated rings. The minimum absolute atomic E-state index is 0.174. The fourth-order valence-electron chi connectivity index (χ4n) is 2.85. The third kappa shape index (κ3) is 4.44. The average molecular weight is 326 g/mol. The van der Waals surface area contributed by atoms with Crippen LogP contribution in [0, 0.1) is 0 Å². The summed E-state index contributed by atoms with van der Waals surface area (Å²) in [6, 6.07) is 6.49. The molecule has 0 aliphatic carbocycles. The smallest absolute Gasteiger partial charge is 0.406 e. The standard InChI is InChI=1S/C15H17F3N4O/c16-15(17,18)23-14-3-1-2-12(8-14)9-21-6-4-13(5-7-21)22-11-19-10-20-22/h1-3,8,10-11,13H,4-7,9H2. The first-order valence-electron chi connectivity index (χ1n) is 7.41. The van der Waals surface area contributed by atoms with Crippen molar-refractivity contribution in [1.82, 2.24) is 19.7 Å². The summed E-state index contributed by atoms with van der Waals surface area (Å²) >= 11 is 0. The van der Waals surface area contributed by atoms with Gasteiger partial charge in [-0.25, -0.2) is 9.67 Å². The second-order valence-electron chi connectivity index (χ2n) is 5.58. The molecule has 1 saturated heterocycles. The van der Waals surface area contributed by atoms with Crippen LogP contribution in [0.2, 0.25) is 0 Å². The Labute approximate surface area is 131 Å². The molecule has 0 atom stereocenters. The lowest BCUT2D eigenvalue weighted by Gasteiger charge is -2.31. The van der Waals surface area contributed by atoms with Gasteiger partial charge in [0.05, 0.1) is 6.04 Å². The number of hydrogen-bond donors (Lipinski definition) is 0. The average Bonchev–Trinajstić information content (AvgIpc) is 3.01. The van der Waals surface area contributed by atoms with Gasteiger partial charge < -0.3 is 4.74 Å². The first-order valence-corrected chi connectivity index (χ1v) is 7.41. The summed E-state index contributed by atoms with van der Waals surface area (Å²) in [6.07, 6.45) is 0.482. The van der Waals surface area contributed by atoms with Crippen LogP contribution >= 0.6 is 0 Å². The molecule has 1 aliphatic heterocycles.